The van der Waals surface area contributed by atoms with E-state index in [9.17, 15) is 4.79 Å². The normalized spacial score (nSPS) is 10.7. The van der Waals surface area contributed by atoms with Gasteiger partial charge in [-0.1, -0.05) is 0 Å². The molecule has 2 rings (SSSR count). The van der Waals surface area contributed by atoms with Gasteiger partial charge in [-0.3, -0.25) is 4.79 Å². The third-order valence-corrected chi connectivity index (χ3v) is 2.81. The van der Waals surface area contributed by atoms with Crippen molar-refractivity contribution in [2.24, 2.45) is 0 Å². The number of nitrogens with zero attached hydrogens (tertiary/aromatic N) is 1. The van der Waals surface area contributed by atoms with E-state index in [4.69, 9.17) is 9.52 Å². The fraction of sp³-hybridized carbons (Fsp3) is 0.200. The maximum absolute atomic E-state index is 10.4. The Morgan fingerprint density at radius 2 is 2.40 bits per heavy atom. The molecule has 0 fully saturated rings. The quantitative estimate of drug-likeness (QED) is 0.809. The molecule has 0 unspecified atom stereocenters. The molecule has 1 N–H and O–H groups in total. The minimum absolute atomic E-state index is 0.0579. The summed E-state index contributed by atoms with van der Waals surface area (Å²) in [6.45, 7) is 1.78. The van der Waals surface area contributed by atoms with Crippen molar-refractivity contribution >= 4 is 28.8 Å². The van der Waals surface area contributed by atoms with Crippen LogP contribution in [0.1, 0.15) is 5.89 Å². The molecule has 0 aliphatic carbocycles. The van der Waals surface area contributed by atoms with Gasteiger partial charge in [0, 0.05) is 11.8 Å². The minimum atomic E-state index is -0.823. The van der Waals surface area contributed by atoms with Crippen LogP contribution in [0.25, 0.3) is 11.1 Å². The molecule has 0 aliphatic rings. The third-order valence-electron chi connectivity index (χ3n) is 1.83. The van der Waals surface area contributed by atoms with E-state index < -0.39 is 5.97 Å². The molecule has 0 saturated heterocycles. The summed E-state index contributed by atoms with van der Waals surface area (Å²) in [5, 5.41) is 8.54. The number of aromatic nitrogens is 1. The Labute approximate surface area is 90.3 Å². The molecule has 1 aromatic carbocycles. The molecule has 0 amide bonds. The van der Waals surface area contributed by atoms with Crippen LogP contribution in [0, 0.1) is 6.92 Å². The zero-order valence-corrected chi connectivity index (χ0v) is 8.87. The van der Waals surface area contributed by atoms with Gasteiger partial charge in [0.25, 0.3) is 0 Å². The third kappa shape index (κ3) is 2.30. The van der Waals surface area contributed by atoms with E-state index in [2.05, 4.69) is 4.98 Å². The van der Waals surface area contributed by atoms with Gasteiger partial charge in [0.15, 0.2) is 11.5 Å². The average Bonchev–Trinajstić information content (AvgIpc) is 2.53. The average molecular weight is 223 g/mol. The Hall–Kier alpha value is -1.49. The highest BCUT2D eigenvalue weighted by molar-refractivity contribution is 8.00. The Morgan fingerprint density at radius 3 is 3.13 bits per heavy atom. The summed E-state index contributed by atoms with van der Waals surface area (Å²) in [6, 6.07) is 5.47. The predicted octanol–water partition coefficient (Wildman–Crippen LogP) is 2.31. The summed E-state index contributed by atoms with van der Waals surface area (Å²) < 4.78 is 5.31. The zero-order valence-electron chi connectivity index (χ0n) is 8.06. The number of carbonyl (C=O) groups is 1. The number of hydrogen-bond donors (Lipinski definition) is 1. The summed E-state index contributed by atoms with van der Waals surface area (Å²) in [6.07, 6.45) is 0. The molecule has 2 aromatic rings. The number of hydrogen-bond acceptors (Lipinski definition) is 4. The van der Waals surface area contributed by atoms with Crippen molar-refractivity contribution in [3.63, 3.8) is 0 Å². The highest BCUT2D eigenvalue weighted by Gasteiger charge is 2.04. The van der Waals surface area contributed by atoms with Crippen LogP contribution in [0.5, 0.6) is 0 Å². The van der Waals surface area contributed by atoms with Crippen molar-refractivity contribution in [3.05, 3.63) is 24.1 Å². The Balaban J connectivity index is 2.26. The summed E-state index contributed by atoms with van der Waals surface area (Å²) in [7, 11) is 0. The van der Waals surface area contributed by atoms with E-state index in [1.807, 2.05) is 12.1 Å². The van der Waals surface area contributed by atoms with Gasteiger partial charge < -0.3 is 9.52 Å². The number of carboxylic acid groups (broad SMARTS) is 1. The lowest BCUT2D eigenvalue weighted by Gasteiger charge is -1.96. The van der Waals surface area contributed by atoms with E-state index in [-0.39, 0.29) is 5.75 Å². The highest BCUT2D eigenvalue weighted by atomic mass is 32.2. The molecule has 1 aromatic heterocycles. The SMILES string of the molecule is Cc1nc2cc(SCC(=O)O)ccc2o1. The minimum Gasteiger partial charge on any atom is -0.481 e. The fourth-order valence-corrected chi connectivity index (χ4v) is 1.91. The number of carboxylic acids is 1. The van der Waals surface area contributed by atoms with Crippen molar-refractivity contribution in [3.8, 4) is 0 Å². The lowest BCUT2D eigenvalue weighted by Crippen LogP contribution is -1.97. The van der Waals surface area contributed by atoms with E-state index in [1.54, 1.807) is 13.0 Å². The topological polar surface area (TPSA) is 63.3 Å². The summed E-state index contributed by atoms with van der Waals surface area (Å²) >= 11 is 1.27. The summed E-state index contributed by atoms with van der Waals surface area (Å²) in [5.41, 5.74) is 1.50. The van der Waals surface area contributed by atoms with Gasteiger partial charge in [0.1, 0.15) is 5.52 Å². The van der Waals surface area contributed by atoms with Crippen LogP contribution in [0.2, 0.25) is 0 Å². The highest BCUT2D eigenvalue weighted by Crippen LogP contribution is 2.23. The number of aryl methyl sites for hydroxylation is 1. The zero-order chi connectivity index (χ0) is 10.8. The van der Waals surface area contributed by atoms with Gasteiger partial charge in [-0.2, -0.15) is 0 Å². The van der Waals surface area contributed by atoms with E-state index >= 15 is 0 Å². The second-order valence-electron chi connectivity index (χ2n) is 3.04. The molecule has 1 heterocycles. The fourth-order valence-electron chi connectivity index (χ4n) is 1.26. The van der Waals surface area contributed by atoms with Crippen molar-refractivity contribution in [2.75, 3.05) is 5.75 Å². The number of oxazole rings is 1. The van der Waals surface area contributed by atoms with Crippen LogP contribution in [0.3, 0.4) is 0 Å². The largest absolute Gasteiger partial charge is 0.481 e. The Morgan fingerprint density at radius 1 is 1.60 bits per heavy atom. The molecule has 0 aliphatic heterocycles. The molecular weight excluding hydrogens is 214 g/mol. The van der Waals surface area contributed by atoms with Gasteiger partial charge in [-0.05, 0) is 18.2 Å². The molecular formula is C10H9NO3S. The maximum Gasteiger partial charge on any atom is 0.313 e. The number of benzene rings is 1. The molecule has 78 valence electrons. The molecule has 5 heteroatoms. The van der Waals surface area contributed by atoms with E-state index in [0.717, 1.165) is 16.0 Å². The molecule has 0 spiro atoms. The van der Waals surface area contributed by atoms with Crippen LogP contribution in [-0.4, -0.2) is 21.8 Å². The Kier molecular flexibility index (Phi) is 2.64. The Bertz CT molecular complexity index is 506. The standard InChI is InChI=1S/C10H9NO3S/c1-6-11-8-4-7(15-5-10(12)13)2-3-9(8)14-6/h2-4H,5H2,1H3,(H,12,13). The van der Waals surface area contributed by atoms with Gasteiger partial charge in [0.05, 0.1) is 5.75 Å². The van der Waals surface area contributed by atoms with Gasteiger partial charge in [0.2, 0.25) is 0 Å². The van der Waals surface area contributed by atoms with Gasteiger partial charge in [-0.15, -0.1) is 11.8 Å². The monoisotopic (exact) mass is 223 g/mol. The molecule has 15 heavy (non-hydrogen) atoms. The predicted molar refractivity (Wildman–Crippen MR) is 57.1 cm³/mol. The molecule has 0 atom stereocenters. The van der Waals surface area contributed by atoms with Crippen molar-refractivity contribution in [2.45, 2.75) is 11.8 Å². The van der Waals surface area contributed by atoms with Gasteiger partial charge in [-0.25, -0.2) is 4.98 Å². The van der Waals surface area contributed by atoms with Gasteiger partial charge >= 0.3 is 5.97 Å². The summed E-state index contributed by atoms with van der Waals surface area (Å²) in [4.78, 5) is 15.4. The van der Waals surface area contributed by atoms with E-state index in [1.165, 1.54) is 11.8 Å². The number of fused-ring (bicyclic) bond motifs is 1. The molecule has 0 saturated carbocycles. The van der Waals surface area contributed by atoms with Crippen molar-refractivity contribution in [1.29, 1.82) is 0 Å². The smallest absolute Gasteiger partial charge is 0.313 e. The molecule has 0 bridgehead atoms. The van der Waals surface area contributed by atoms with Crippen LogP contribution < -0.4 is 0 Å². The second-order valence-corrected chi connectivity index (χ2v) is 4.09. The van der Waals surface area contributed by atoms with Crippen molar-refractivity contribution < 1.29 is 14.3 Å². The maximum atomic E-state index is 10.4. The second kappa shape index (κ2) is 3.94. The van der Waals surface area contributed by atoms with Crippen LogP contribution in [0.15, 0.2) is 27.5 Å². The summed E-state index contributed by atoms with van der Waals surface area (Å²) in [5.74, 6) is -0.149. The van der Waals surface area contributed by atoms with Crippen LogP contribution in [0.4, 0.5) is 0 Å². The van der Waals surface area contributed by atoms with Crippen molar-refractivity contribution in [1.82, 2.24) is 4.98 Å². The van der Waals surface area contributed by atoms with Crippen LogP contribution >= 0.6 is 11.8 Å². The number of thioether (sulfide) groups is 1. The first-order valence-corrected chi connectivity index (χ1v) is 5.35. The van der Waals surface area contributed by atoms with Crippen LogP contribution in [-0.2, 0) is 4.79 Å². The first-order chi connectivity index (χ1) is 7.15. The number of rotatable bonds is 3. The first-order valence-electron chi connectivity index (χ1n) is 4.37. The lowest BCUT2D eigenvalue weighted by molar-refractivity contribution is -0.133. The van der Waals surface area contributed by atoms with E-state index in [0.29, 0.717) is 5.89 Å². The molecule has 4 nitrogen and oxygen atoms in total. The lowest BCUT2D eigenvalue weighted by atomic mass is 10.3. The number of aliphatic carboxylic acids is 1. The first kappa shape index (κ1) is 10.0. The molecule has 0 radical (unpaired) electrons.